The molecule has 1 aliphatic rings. The van der Waals surface area contributed by atoms with Gasteiger partial charge in [-0.1, -0.05) is 6.07 Å². The van der Waals surface area contributed by atoms with Gasteiger partial charge in [0.1, 0.15) is 5.54 Å². The molecule has 0 aromatic heterocycles. The van der Waals surface area contributed by atoms with Crippen LogP contribution in [0.5, 0.6) is 0 Å². The maximum Gasteiger partial charge on any atom is 0.251 e. The summed E-state index contributed by atoms with van der Waals surface area (Å²) >= 11 is 0. The van der Waals surface area contributed by atoms with Crippen molar-refractivity contribution in [3.05, 3.63) is 29.3 Å². The minimum atomic E-state index is -0.953. The van der Waals surface area contributed by atoms with E-state index in [4.69, 9.17) is 5.26 Å². The Hall–Kier alpha value is -2.39. The van der Waals surface area contributed by atoms with Crippen molar-refractivity contribution in [2.24, 2.45) is 0 Å². The van der Waals surface area contributed by atoms with Crippen LogP contribution in [0.25, 0.3) is 0 Å². The van der Waals surface area contributed by atoms with Crippen molar-refractivity contribution in [1.82, 2.24) is 5.32 Å². The number of piperazine rings is 1. The fourth-order valence-corrected chi connectivity index (χ4v) is 2.37. The largest absolute Gasteiger partial charge is 0.389 e. The molecule has 0 unspecified atom stereocenters. The molecule has 0 spiro atoms. The highest BCUT2D eigenvalue weighted by Gasteiger charge is 2.42. The fourth-order valence-electron chi connectivity index (χ4n) is 2.37. The first-order valence-electron chi connectivity index (χ1n) is 6.61. The number of amides is 2. The minimum Gasteiger partial charge on any atom is -0.389 e. The van der Waals surface area contributed by atoms with E-state index in [1.54, 1.807) is 43.9 Å². The molecule has 6 heteroatoms. The Kier molecular flexibility index (Phi) is 3.71. The van der Waals surface area contributed by atoms with Crippen molar-refractivity contribution in [3.8, 4) is 6.07 Å². The number of nitrogens with one attached hydrogen (secondary N) is 1. The van der Waals surface area contributed by atoms with E-state index in [-0.39, 0.29) is 6.54 Å². The molecular formula is C15H17N3O3. The van der Waals surface area contributed by atoms with Crippen LogP contribution in [0.1, 0.15) is 38.0 Å². The molecular weight excluding hydrogens is 270 g/mol. The van der Waals surface area contributed by atoms with Crippen LogP contribution >= 0.6 is 0 Å². The van der Waals surface area contributed by atoms with Crippen LogP contribution in [0.4, 0.5) is 5.69 Å². The molecule has 1 fully saturated rings. The third-order valence-corrected chi connectivity index (χ3v) is 3.69. The van der Waals surface area contributed by atoms with Crippen LogP contribution < -0.4 is 10.2 Å². The van der Waals surface area contributed by atoms with E-state index in [9.17, 15) is 14.7 Å². The third-order valence-electron chi connectivity index (χ3n) is 3.69. The number of nitrogens with zero attached hydrogens (tertiary/aromatic N) is 2. The van der Waals surface area contributed by atoms with Gasteiger partial charge in [-0.2, -0.15) is 5.26 Å². The summed E-state index contributed by atoms with van der Waals surface area (Å²) in [6.45, 7) is 4.98. The van der Waals surface area contributed by atoms with Crippen LogP contribution in [0, 0.1) is 11.3 Å². The average Bonchev–Trinajstić information content (AvgIpc) is 2.42. The van der Waals surface area contributed by atoms with Crippen molar-refractivity contribution >= 4 is 17.5 Å². The lowest BCUT2D eigenvalue weighted by Gasteiger charge is -2.42. The molecule has 2 amide bonds. The zero-order chi connectivity index (χ0) is 15.8. The molecule has 1 saturated heterocycles. The van der Waals surface area contributed by atoms with Gasteiger partial charge < -0.3 is 10.0 Å². The summed E-state index contributed by atoms with van der Waals surface area (Å²) in [4.78, 5) is 25.3. The number of nitriles is 1. The molecule has 1 aliphatic heterocycles. The second-order valence-electron chi connectivity index (χ2n) is 5.58. The van der Waals surface area contributed by atoms with Gasteiger partial charge in [0, 0.05) is 11.3 Å². The zero-order valence-corrected chi connectivity index (χ0v) is 12.2. The number of carbonyl (C=O) groups excluding carboxylic acids is 2. The summed E-state index contributed by atoms with van der Waals surface area (Å²) in [6.07, 6.45) is -0.774. The van der Waals surface area contributed by atoms with E-state index in [1.165, 1.54) is 0 Å². The quantitative estimate of drug-likeness (QED) is 0.787. The van der Waals surface area contributed by atoms with E-state index in [0.717, 1.165) is 0 Å². The number of anilines is 1. The summed E-state index contributed by atoms with van der Waals surface area (Å²) in [6, 6.07) is 6.87. The molecule has 6 nitrogen and oxygen atoms in total. The molecule has 1 aromatic rings. The number of rotatable bonds is 2. The van der Waals surface area contributed by atoms with Crippen LogP contribution in [-0.4, -0.2) is 29.0 Å². The van der Waals surface area contributed by atoms with Crippen molar-refractivity contribution in [3.63, 3.8) is 0 Å². The van der Waals surface area contributed by atoms with E-state index < -0.39 is 23.5 Å². The highest BCUT2D eigenvalue weighted by atomic mass is 16.3. The van der Waals surface area contributed by atoms with Crippen LogP contribution in [0.2, 0.25) is 0 Å². The molecule has 0 radical (unpaired) electrons. The van der Waals surface area contributed by atoms with Gasteiger partial charge in [0.15, 0.2) is 0 Å². The number of imide groups is 1. The van der Waals surface area contributed by atoms with Crippen LogP contribution in [0.15, 0.2) is 18.2 Å². The molecule has 0 saturated carbocycles. The summed E-state index contributed by atoms with van der Waals surface area (Å²) in [5, 5.41) is 21.3. The monoisotopic (exact) mass is 287 g/mol. The minimum absolute atomic E-state index is 0.00661. The highest BCUT2D eigenvalue weighted by Crippen LogP contribution is 2.33. The predicted molar refractivity (Wildman–Crippen MR) is 76.4 cm³/mol. The smallest absolute Gasteiger partial charge is 0.251 e. The van der Waals surface area contributed by atoms with Gasteiger partial charge in [-0.3, -0.25) is 14.9 Å². The highest BCUT2D eigenvalue weighted by molar-refractivity contribution is 6.06. The van der Waals surface area contributed by atoms with E-state index >= 15 is 0 Å². The number of benzene rings is 1. The van der Waals surface area contributed by atoms with Crippen LogP contribution in [0.3, 0.4) is 0 Å². The average molecular weight is 287 g/mol. The van der Waals surface area contributed by atoms with Crippen molar-refractivity contribution in [1.29, 1.82) is 5.26 Å². The molecule has 2 N–H and O–H groups in total. The number of carbonyl (C=O) groups is 2. The first-order valence-corrected chi connectivity index (χ1v) is 6.61. The molecule has 1 atom stereocenters. The van der Waals surface area contributed by atoms with E-state index in [2.05, 4.69) is 5.32 Å². The fraction of sp³-hybridized carbons (Fsp3) is 0.400. The zero-order valence-electron chi connectivity index (χ0n) is 12.2. The van der Waals surface area contributed by atoms with Gasteiger partial charge in [-0.05, 0) is 32.9 Å². The molecule has 1 heterocycles. The molecule has 0 bridgehead atoms. The van der Waals surface area contributed by atoms with Gasteiger partial charge in [-0.25, -0.2) is 0 Å². The number of hydrogen-bond donors (Lipinski definition) is 2. The Morgan fingerprint density at radius 1 is 1.43 bits per heavy atom. The standard InChI is InChI=1S/C15H17N3O3/c1-9(19)11-5-4-10(7-16)6-12(11)18-8-13(20)17-14(21)15(18,2)3/h4-6,9,19H,8H2,1-3H3,(H,17,20,21)/t9-/m0/s1. The normalized spacial score (nSPS) is 18.9. The first-order chi connectivity index (χ1) is 9.77. The summed E-state index contributed by atoms with van der Waals surface area (Å²) in [7, 11) is 0. The summed E-state index contributed by atoms with van der Waals surface area (Å²) in [5.74, 6) is -0.809. The Balaban J connectivity index is 2.60. The second kappa shape index (κ2) is 5.19. The molecule has 2 rings (SSSR count). The number of aliphatic hydroxyl groups is 1. The van der Waals surface area contributed by atoms with E-state index in [1.807, 2.05) is 6.07 Å². The number of hydrogen-bond acceptors (Lipinski definition) is 5. The van der Waals surface area contributed by atoms with Crippen molar-refractivity contribution in [2.45, 2.75) is 32.4 Å². The Morgan fingerprint density at radius 2 is 2.10 bits per heavy atom. The Labute approximate surface area is 123 Å². The van der Waals surface area contributed by atoms with Crippen molar-refractivity contribution < 1.29 is 14.7 Å². The predicted octanol–water partition coefficient (Wildman–Crippen LogP) is 0.853. The molecule has 21 heavy (non-hydrogen) atoms. The Bertz CT molecular complexity index is 644. The first kappa shape index (κ1) is 15.0. The molecule has 1 aromatic carbocycles. The van der Waals surface area contributed by atoms with Gasteiger partial charge in [0.2, 0.25) is 5.91 Å². The second-order valence-corrected chi connectivity index (χ2v) is 5.58. The van der Waals surface area contributed by atoms with Gasteiger partial charge in [0.25, 0.3) is 5.91 Å². The lowest BCUT2D eigenvalue weighted by Crippen LogP contribution is -2.64. The SMILES string of the molecule is C[C@H](O)c1ccc(C#N)cc1N1CC(=O)NC(=O)C1(C)C. The van der Waals surface area contributed by atoms with Crippen LogP contribution in [-0.2, 0) is 9.59 Å². The topological polar surface area (TPSA) is 93.4 Å². The maximum atomic E-state index is 12.0. The molecule has 0 aliphatic carbocycles. The lowest BCUT2D eigenvalue weighted by atomic mass is 9.94. The van der Waals surface area contributed by atoms with E-state index in [0.29, 0.717) is 16.8 Å². The van der Waals surface area contributed by atoms with Gasteiger partial charge >= 0.3 is 0 Å². The summed E-state index contributed by atoms with van der Waals surface area (Å²) < 4.78 is 0. The molecule has 110 valence electrons. The number of aliphatic hydroxyl groups excluding tert-OH is 1. The summed E-state index contributed by atoms with van der Waals surface area (Å²) in [5.41, 5.74) is 0.552. The van der Waals surface area contributed by atoms with Gasteiger partial charge in [-0.15, -0.1) is 0 Å². The van der Waals surface area contributed by atoms with Gasteiger partial charge in [0.05, 0.1) is 24.3 Å². The lowest BCUT2D eigenvalue weighted by molar-refractivity contribution is -0.135. The van der Waals surface area contributed by atoms with Crippen molar-refractivity contribution in [2.75, 3.05) is 11.4 Å². The maximum absolute atomic E-state index is 12.0. The Morgan fingerprint density at radius 3 is 2.67 bits per heavy atom. The third kappa shape index (κ3) is 2.60.